The Hall–Kier alpha value is -1.11. The van der Waals surface area contributed by atoms with Gasteiger partial charge in [-0.15, -0.1) is 0 Å². The SMILES string of the molecule is O=NCC1OB(O)c2c(O)ccc(Cl)c21. The molecule has 15 heavy (non-hydrogen) atoms. The lowest BCUT2D eigenvalue weighted by molar-refractivity contribution is 0.198. The zero-order valence-corrected chi connectivity index (χ0v) is 8.31. The fourth-order valence-corrected chi connectivity index (χ4v) is 1.97. The Morgan fingerprint density at radius 2 is 2.33 bits per heavy atom. The third-order valence-electron chi connectivity index (χ3n) is 2.31. The summed E-state index contributed by atoms with van der Waals surface area (Å²) in [5.74, 6) is -0.102. The smallest absolute Gasteiger partial charge is 0.495 e. The minimum Gasteiger partial charge on any atom is -0.508 e. The number of halogens is 1. The number of hydrogen-bond donors (Lipinski definition) is 2. The highest BCUT2D eigenvalue weighted by atomic mass is 35.5. The number of fused-ring (bicyclic) bond motifs is 1. The van der Waals surface area contributed by atoms with Crippen LogP contribution in [0, 0.1) is 4.91 Å². The predicted molar refractivity (Wildman–Crippen MR) is 55.2 cm³/mol. The molecule has 0 aromatic heterocycles. The normalized spacial score (nSPS) is 19.1. The van der Waals surface area contributed by atoms with Crippen LogP contribution in [0.15, 0.2) is 17.3 Å². The van der Waals surface area contributed by atoms with Crippen molar-refractivity contribution >= 4 is 24.2 Å². The van der Waals surface area contributed by atoms with Gasteiger partial charge in [0.1, 0.15) is 12.3 Å². The maximum Gasteiger partial charge on any atom is 0.495 e. The summed E-state index contributed by atoms with van der Waals surface area (Å²) in [6.45, 7) is -0.146. The largest absolute Gasteiger partial charge is 0.508 e. The standard InChI is InChI=1S/C8H7BClNO4/c10-4-1-2-5(12)8-7(4)6(3-11-14)15-9(8)13/h1-2,6,12-13H,3H2. The van der Waals surface area contributed by atoms with Crippen LogP contribution >= 0.6 is 11.6 Å². The van der Waals surface area contributed by atoms with E-state index < -0.39 is 13.2 Å². The van der Waals surface area contributed by atoms with Gasteiger partial charge in [0.05, 0.1) is 6.10 Å². The van der Waals surface area contributed by atoms with E-state index in [0.717, 1.165) is 0 Å². The van der Waals surface area contributed by atoms with Crippen LogP contribution in [0.25, 0.3) is 0 Å². The summed E-state index contributed by atoms with van der Waals surface area (Å²) in [6.07, 6.45) is -0.688. The molecule has 0 radical (unpaired) electrons. The summed E-state index contributed by atoms with van der Waals surface area (Å²) in [6, 6.07) is 2.85. The Bertz CT molecular complexity index is 414. The highest BCUT2D eigenvalue weighted by Gasteiger charge is 2.39. The number of nitroso groups, excluding NO2 is 1. The van der Waals surface area contributed by atoms with Gasteiger partial charge in [-0.2, -0.15) is 4.91 Å². The van der Waals surface area contributed by atoms with Crippen LogP contribution < -0.4 is 5.46 Å². The topological polar surface area (TPSA) is 79.1 Å². The number of rotatable bonds is 2. The molecule has 0 amide bonds. The second kappa shape index (κ2) is 3.81. The maximum atomic E-state index is 10.2. The summed E-state index contributed by atoms with van der Waals surface area (Å²) in [4.78, 5) is 10.2. The van der Waals surface area contributed by atoms with Crippen molar-refractivity contribution in [3.8, 4) is 5.75 Å². The van der Waals surface area contributed by atoms with Gasteiger partial charge in [-0.3, -0.25) is 0 Å². The molecule has 7 heteroatoms. The Balaban J connectivity index is 2.53. The molecule has 1 aliphatic rings. The number of nitrogens with zero attached hydrogens (tertiary/aromatic N) is 1. The number of hydrogen-bond acceptors (Lipinski definition) is 5. The van der Waals surface area contributed by atoms with Gasteiger partial charge in [0.25, 0.3) is 0 Å². The maximum absolute atomic E-state index is 10.2. The van der Waals surface area contributed by atoms with Gasteiger partial charge in [0.15, 0.2) is 0 Å². The van der Waals surface area contributed by atoms with Crippen molar-refractivity contribution in [3.63, 3.8) is 0 Å². The zero-order valence-electron chi connectivity index (χ0n) is 7.55. The molecular weight excluding hydrogens is 220 g/mol. The Morgan fingerprint density at radius 3 is 3.00 bits per heavy atom. The van der Waals surface area contributed by atoms with Gasteiger partial charge in [0, 0.05) is 16.0 Å². The lowest BCUT2D eigenvalue weighted by Crippen LogP contribution is -2.28. The summed E-state index contributed by atoms with van der Waals surface area (Å²) in [5, 5.41) is 22.0. The number of benzene rings is 1. The first kappa shape index (κ1) is 10.4. The Labute approximate surface area is 90.7 Å². The molecule has 0 saturated carbocycles. The van der Waals surface area contributed by atoms with Crippen molar-refractivity contribution < 1.29 is 14.8 Å². The summed E-state index contributed by atoms with van der Waals surface area (Å²) >= 11 is 5.89. The fraction of sp³-hybridized carbons (Fsp3) is 0.250. The molecule has 0 bridgehead atoms. The van der Waals surface area contributed by atoms with Gasteiger partial charge in [-0.25, -0.2) is 0 Å². The Kier molecular flexibility index (Phi) is 2.64. The summed E-state index contributed by atoms with van der Waals surface area (Å²) in [7, 11) is -1.26. The van der Waals surface area contributed by atoms with E-state index in [1.54, 1.807) is 0 Å². The van der Waals surface area contributed by atoms with E-state index in [2.05, 4.69) is 5.18 Å². The van der Waals surface area contributed by atoms with E-state index in [0.29, 0.717) is 10.6 Å². The van der Waals surface area contributed by atoms with Gasteiger partial charge < -0.3 is 14.8 Å². The van der Waals surface area contributed by atoms with E-state index >= 15 is 0 Å². The molecule has 1 unspecified atom stereocenters. The molecule has 2 rings (SSSR count). The number of phenolic OH excluding ortho intramolecular Hbond substituents is 1. The molecule has 1 atom stereocenters. The van der Waals surface area contributed by atoms with E-state index in [1.807, 2.05) is 0 Å². The molecule has 5 nitrogen and oxygen atoms in total. The van der Waals surface area contributed by atoms with Crippen LogP contribution in [0.4, 0.5) is 0 Å². The highest BCUT2D eigenvalue weighted by molar-refractivity contribution is 6.63. The molecule has 1 aliphatic heterocycles. The average Bonchev–Trinajstić information content (AvgIpc) is 2.51. The van der Waals surface area contributed by atoms with Crippen molar-refractivity contribution in [1.82, 2.24) is 0 Å². The molecule has 78 valence electrons. The number of aromatic hydroxyl groups is 1. The van der Waals surface area contributed by atoms with Crippen LogP contribution in [0.2, 0.25) is 5.02 Å². The summed E-state index contributed by atoms with van der Waals surface area (Å²) < 4.78 is 5.05. The zero-order chi connectivity index (χ0) is 11.0. The first-order chi connectivity index (χ1) is 7.15. The number of phenols is 1. The van der Waals surface area contributed by atoms with Crippen LogP contribution in [-0.4, -0.2) is 23.8 Å². The lowest BCUT2D eigenvalue weighted by Gasteiger charge is -2.08. The first-order valence-electron chi connectivity index (χ1n) is 4.29. The second-order valence-corrected chi connectivity index (χ2v) is 3.59. The molecular formula is C8H7BClNO4. The van der Waals surface area contributed by atoms with E-state index in [-0.39, 0.29) is 17.8 Å². The van der Waals surface area contributed by atoms with Crippen LogP contribution in [0.5, 0.6) is 5.75 Å². The van der Waals surface area contributed by atoms with Crippen molar-refractivity contribution in [2.75, 3.05) is 6.54 Å². The molecule has 2 N–H and O–H groups in total. The van der Waals surface area contributed by atoms with Crippen LogP contribution in [0.1, 0.15) is 11.7 Å². The van der Waals surface area contributed by atoms with Crippen LogP contribution in [-0.2, 0) is 4.65 Å². The molecule has 0 saturated heterocycles. The molecule has 1 heterocycles. The fourth-order valence-electron chi connectivity index (χ4n) is 1.68. The van der Waals surface area contributed by atoms with Crippen molar-refractivity contribution in [2.45, 2.75) is 6.10 Å². The highest BCUT2D eigenvalue weighted by Crippen LogP contribution is 2.33. The molecule has 0 fully saturated rings. The molecule has 0 spiro atoms. The van der Waals surface area contributed by atoms with Crippen molar-refractivity contribution in [3.05, 3.63) is 27.6 Å². The Morgan fingerprint density at radius 1 is 1.60 bits per heavy atom. The molecule has 1 aromatic carbocycles. The first-order valence-corrected chi connectivity index (χ1v) is 4.67. The van der Waals surface area contributed by atoms with E-state index in [1.165, 1.54) is 12.1 Å². The van der Waals surface area contributed by atoms with E-state index in [4.69, 9.17) is 16.3 Å². The van der Waals surface area contributed by atoms with Gasteiger partial charge in [-0.1, -0.05) is 16.8 Å². The molecule has 1 aromatic rings. The minimum absolute atomic E-state index is 0.102. The van der Waals surface area contributed by atoms with Gasteiger partial charge >= 0.3 is 7.12 Å². The van der Waals surface area contributed by atoms with Gasteiger partial charge in [-0.05, 0) is 12.1 Å². The second-order valence-electron chi connectivity index (χ2n) is 3.18. The third kappa shape index (κ3) is 1.60. The molecule has 0 aliphatic carbocycles. The minimum atomic E-state index is -1.26. The van der Waals surface area contributed by atoms with Crippen molar-refractivity contribution in [1.29, 1.82) is 0 Å². The van der Waals surface area contributed by atoms with Crippen LogP contribution in [0.3, 0.4) is 0 Å². The average molecular weight is 227 g/mol. The van der Waals surface area contributed by atoms with Gasteiger partial charge in [0.2, 0.25) is 0 Å². The lowest BCUT2D eigenvalue weighted by atomic mass is 9.78. The monoisotopic (exact) mass is 227 g/mol. The van der Waals surface area contributed by atoms with Crippen molar-refractivity contribution in [2.24, 2.45) is 5.18 Å². The predicted octanol–water partition coefficient (Wildman–Crippen LogP) is 0.571. The third-order valence-corrected chi connectivity index (χ3v) is 2.64. The summed E-state index contributed by atoms with van der Waals surface area (Å²) in [5.41, 5.74) is 0.653. The quantitative estimate of drug-likeness (QED) is 0.572. The van der Waals surface area contributed by atoms with E-state index in [9.17, 15) is 15.0 Å².